The van der Waals surface area contributed by atoms with Crippen LogP contribution in [0.4, 0.5) is 0 Å². The van der Waals surface area contributed by atoms with E-state index >= 15 is 0 Å². The van der Waals surface area contributed by atoms with E-state index in [4.69, 9.17) is 16.3 Å². The minimum atomic E-state index is -0.0971. The summed E-state index contributed by atoms with van der Waals surface area (Å²) < 4.78 is 5.75. The van der Waals surface area contributed by atoms with Gasteiger partial charge in [-0.25, -0.2) is 0 Å². The highest BCUT2D eigenvalue weighted by atomic mass is 35.5. The lowest BCUT2D eigenvalue weighted by Crippen LogP contribution is -2.54. The number of alkyl halides is 1. The molecule has 0 N–H and O–H groups in total. The van der Waals surface area contributed by atoms with E-state index in [0.717, 1.165) is 30.1 Å². The van der Waals surface area contributed by atoms with Gasteiger partial charge in [0.15, 0.2) is 0 Å². The summed E-state index contributed by atoms with van der Waals surface area (Å²) in [5.74, 6) is 3.21. The van der Waals surface area contributed by atoms with E-state index in [-0.39, 0.29) is 17.5 Å². The summed E-state index contributed by atoms with van der Waals surface area (Å²) in [7, 11) is 0. The van der Waals surface area contributed by atoms with Crippen molar-refractivity contribution in [1.82, 2.24) is 0 Å². The molecule has 0 bridgehead atoms. The van der Waals surface area contributed by atoms with Gasteiger partial charge in [0.25, 0.3) is 0 Å². The van der Waals surface area contributed by atoms with E-state index in [1.807, 2.05) is 0 Å². The zero-order chi connectivity index (χ0) is 17.1. The zero-order valence-corrected chi connectivity index (χ0v) is 16.3. The van der Waals surface area contributed by atoms with Crippen molar-refractivity contribution in [2.24, 2.45) is 34.5 Å². The van der Waals surface area contributed by atoms with Gasteiger partial charge in [-0.2, -0.15) is 0 Å². The van der Waals surface area contributed by atoms with Crippen molar-refractivity contribution >= 4 is 17.6 Å². The Balaban J connectivity index is 1.57. The van der Waals surface area contributed by atoms with Crippen molar-refractivity contribution in [3.05, 3.63) is 0 Å². The van der Waals surface area contributed by atoms with E-state index in [2.05, 4.69) is 13.8 Å². The molecule has 4 rings (SSSR count). The number of hydrogen-bond donors (Lipinski definition) is 0. The molecule has 0 aromatic rings. The Kier molecular flexibility index (Phi) is 4.22. The first-order valence-electron chi connectivity index (χ1n) is 10.2. The molecule has 0 radical (unpaired) electrons. The van der Waals surface area contributed by atoms with Crippen molar-refractivity contribution < 1.29 is 9.53 Å². The molecule has 24 heavy (non-hydrogen) atoms. The molecule has 0 spiro atoms. The Hall–Kier alpha value is -0.240. The van der Waals surface area contributed by atoms with Crippen LogP contribution in [-0.4, -0.2) is 17.5 Å². The van der Waals surface area contributed by atoms with Gasteiger partial charge >= 0.3 is 5.97 Å². The molecule has 3 heteroatoms. The van der Waals surface area contributed by atoms with Crippen molar-refractivity contribution in [1.29, 1.82) is 0 Å². The van der Waals surface area contributed by atoms with Crippen LogP contribution in [0.5, 0.6) is 0 Å². The molecule has 0 unspecified atom stereocenters. The van der Waals surface area contributed by atoms with Crippen LogP contribution in [0.3, 0.4) is 0 Å². The molecule has 0 aromatic heterocycles. The first-order valence-corrected chi connectivity index (χ1v) is 10.6. The number of carbonyl (C=O) groups excluding carboxylic acids is 1. The lowest BCUT2D eigenvalue weighted by Gasteiger charge is -2.60. The molecule has 4 aliphatic carbocycles. The standard InChI is InChI=1S/C21H33ClO2/c1-13(23)24-19-7-6-17-16-5-4-14-12-15(22)8-10-20(14,2)18(16)9-11-21(17,19)3/h14-19H,4-12H2,1-3H3/t14-,15-,16-,17-,18-,19-,20-,21-/m0/s1. The molecule has 8 atom stereocenters. The Morgan fingerprint density at radius 3 is 2.42 bits per heavy atom. The number of rotatable bonds is 1. The SMILES string of the molecule is CC(=O)O[C@H]1CC[C@H]2[C@@H]3CC[C@H]4C[C@@H](Cl)CC[C@]4(C)[C@H]3CC[C@]12C. The van der Waals surface area contributed by atoms with Crippen LogP contribution in [0.2, 0.25) is 0 Å². The van der Waals surface area contributed by atoms with Gasteiger partial charge < -0.3 is 4.74 Å². The van der Waals surface area contributed by atoms with E-state index in [1.165, 1.54) is 51.4 Å². The number of halogens is 1. The number of ether oxygens (including phenoxy) is 1. The summed E-state index contributed by atoms with van der Waals surface area (Å²) in [6, 6.07) is 0. The number of hydrogen-bond acceptors (Lipinski definition) is 2. The zero-order valence-electron chi connectivity index (χ0n) is 15.5. The van der Waals surface area contributed by atoms with Crippen molar-refractivity contribution in [2.45, 2.75) is 90.0 Å². The summed E-state index contributed by atoms with van der Waals surface area (Å²) in [5, 5.41) is 0.410. The highest BCUT2D eigenvalue weighted by Crippen LogP contribution is 2.66. The Bertz CT molecular complexity index is 520. The average molecular weight is 353 g/mol. The highest BCUT2D eigenvalue weighted by Gasteiger charge is 2.60. The fraction of sp³-hybridized carbons (Fsp3) is 0.952. The normalized spacial score (nSPS) is 53.7. The van der Waals surface area contributed by atoms with Crippen LogP contribution in [-0.2, 0) is 9.53 Å². The predicted molar refractivity (Wildman–Crippen MR) is 96.9 cm³/mol. The van der Waals surface area contributed by atoms with Gasteiger partial charge in [0.1, 0.15) is 6.10 Å². The van der Waals surface area contributed by atoms with Crippen LogP contribution in [0.1, 0.15) is 78.6 Å². The topological polar surface area (TPSA) is 26.3 Å². The summed E-state index contributed by atoms with van der Waals surface area (Å²) in [4.78, 5) is 11.5. The highest BCUT2D eigenvalue weighted by molar-refractivity contribution is 6.20. The first-order chi connectivity index (χ1) is 11.3. The fourth-order valence-electron chi connectivity index (χ4n) is 7.55. The van der Waals surface area contributed by atoms with Gasteiger partial charge in [-0.3, -0.25) is 4.79 Å². The minimum Gasteiger partial charge on any atom is -0.462 e. The molecular weight excluding hydrogens is 320 g/mol. The maximum absolute atomic E-state index is 11.5. The van der Waals surface area contributed by atoms with Gasteiger partial charge in [0.2, 0.25) is 0 Å². The third-order valence-corrected chi connectivity index (χ3v) is 9.22. The van der Waals surface area contributed by atoms with Crippen LogP contribution >= 0.6 is 11.6 Å². The molecule has 136 valence electrons. The first kappa shape index (κ1) is 17.2. The smallest absolute Gasteiger partial charge is 0.302 e. The van der Waals surface area contributed by atoms with Gasteiger partial charge in [0, 0.05) is 17.7 Å². The lowest BCUT2D eigenvalue weighted by atomic mass is 9.45. The molecule has 0 amide bonds. The second-order valence-corrected chi connectivity index (χ2v) is 10.4. The molecular formula is C21H33ClO2. The molecule has 0 aromatic carbocycles. The second-order valence-electron chi connectivity index (χ2n) is 9.75. The Morgan fingerprint density at radius 1 is 0.958 bits per heavy atom. The summed E-state index contributed by atoms with van der Waals surface area (Å²) in [5.41, 5.74) is 0.731. The average Bonchev–Trinajstić information content (AvgIpc) is 2.84. The van der Waals surface area contributed by atoms with Gasteiger partial charge in [-0.15, -0.1) is 11.6 Å². The van der Waals surface area contributed by atoms with E-state index < -0.39 is 0 Å². The molecule has 4 fully saturated rings. The van der Waals surface area contributed by atoms with E-state index in [1.54, 1.807) is 6.92 Å². The van der Waals surface area contributed by atoms with E-state index in [0.29, 0.717) is 10.8 Å². The molecule has 0 heterocycles. The van der Waals surface area contributed by atoms with E-state index in [9.17, 15) is 4.79 Å². The summed E-state index contributed by atoms with van der Waals surface area (Å²) in [6.45, 7) is 6.57. The largest absolute Gasteiger partial charge is 0.462 e. The molecule has 2 nitrogen and oxygen atoms in total. The summed E-state index contributed by atoms with van der Waals surface area (Å²) >= 11 is 6.50. The monoisotopic (exact) mass is 352 g/mol. The third-order valence-electron chi connectivity index (χ3n) is 8.82. The van der Waals surface area contributed by atoms with Crippen LogP contribution in [0.25, 0.3) is 0 Å². The van der Waals surface area contributed by atoms with Gasteiger partial charge in [-0.05, 0) is 86.9 Å². The van der Waals surface area contributed by atoms with Crippen LogP contribution < -0.4 is 0 Å². The molecule has 0 aliphatic heterocycles. The number of fused-ring (bicyclic) bond motifs is 5. The minimum absolute atomic E-state index is 0.0971. The lowest BCUT2D eigenvalue weighted by molar-refractivity contribution is -0.161. The van der Waals surface area contributed by atoms with Gasteiger partial charge in [0.05, 0.1) is 0 Å². The molecule has 4 saturated carbocycles. The fourth-order valence-corrected chi connectivity index (χ4v) is 7.88. The Labute approximate surface area is 152 Å². The van der Waals surface area contributed by atoms with Crippen molar-refractivity contribution in [3.8, 4) is 0 Å². The van der Waals surface area contributed by atoms with Crippen molar-refractivity contribution in [3.63, 3.8) is 0 Å². The maximum atomic E-state index is 11.5. The third kappa shape index (κ3) is 2.46. The second kappa shape index (κ2) is 5.89. The number of esters is 1. The predicted octanol–water partition coefficient (Wildman–Crippen LogP) is 5.57. The molecule has 4 aliphatic rings. The van der Waals surface area contributed by atoms with Gasteiger partial charge in [-0.1, -0.05) is 13.8 Å². The summed E-state index contributed by atoms with van der Waals surface area (Å²) in [6.07, 6.45) is 11.6. The van der Waals surface area contributed by atoms with Crippen molar-refractivity contribution in [2.75, 3.05) is 0 Å². The maximum Gasteiger partial charge on any atom is 0.302 e. The quantitative estimate of drug-likeness (QED) is 0.455. The Morgan fingerprint density at radius 2 is 1.67 bits per heavy atom. The van der Waals surface area contributed by atoms with Crippen LogP contribution in [0.15, 0.2) is 0 Å². The van der Waals surface area contributed by atoms with Crippen LogP contribution in [0, 0.1) is 34.5 Å². The molecule has 0 saturated heterocycles. The number of carbonyl (C=O) groups is 1.